The van der Waals surface area contributed by atoms with Gasteiger partial charge in [0.05, 0.1) is 6.10 Å². The van der Waals surface area contributed by atoms with Crippen molar-refractivity contribution in [1.29, 1.82) is 0 Å². The summed E-state index contributed by atoms with van der Waals surface area (Å²) in [6.45, 7) is 3.55. The number of hydrogen-bond donors (Lipinski definition) is 1. The predicted octanol–water partition coefficient (Wildman–Crippen LogP) is 4.74. The summed E-state index contributed by atoms with van der Waals surface area (Å²) in [5.74, 6) is 0.738. The molecule has 0 radical (unpaired) electrons. The summed E-state index contributed by atoms with van der Waals surface area (Å²) < 4.78 is 19.6. The fraction of sp³-hybridized carbons (Fsp3) is 0.200. The molecule has 2 aromatic carbocycles. The van der Waals surface area contributed by atoms with E-state index in [9.17, 15) is 9.50 Å². The average Bonchev–Trinajstić information content (AvgIpc) is 2.33. The molecule has 1 N–H and O–H groups in total. The van der Waals surface area contributed by atoms with Crippen molar-refractivity contribution >= 4 is 15.9 Å². The van der Waals surface area contributed by atoms with Gasteiger partial charge in [-0.15, -0.1) is 0 Å². The molecule has 0 aliphatic rings. The number of halogens is 2. The van der Waals surface area contributed by atoms with Crippen LogP contribution >= 0.6 is 15.9 Å². The van der Waals surface area contributed by atoms with E-state index < -0.39 is 6.10 Å². The van der Waals surface area contributed by atoms with Crippen LogP contribution in [-0.2, 0) is 0 Å². The highest BCUT2D eigenvalue weighted by atomic mass is 79.9. The van der Waals surface area contributed by atoms with E-state index in [-0.39, 0.29) is 5.82 Å². The van der Waals surface area contributed by atoms with Crippen molar-refractivity contribution in [3.63, 3.8) is 0 Å². The number of ether oxygens (including phenoxy) is 1. The highest BCUT2D eigenvalue weighted by Crippen LogP contribution is 2.31. The first-order chi connectivity index (χ1) is 8.97. The van der Waals surface area contributed by atoms with Crippen molar-refractivity contribution in [3.05, 3.63) is 57.8 Å². The van der Waals surface area contributed by atoms with Crippen LogP contribution in [0.15, 0.2) is 40.9 Å². The highest BCUT2D eigenvalue weighted by Gasteiger charge is 2.09. The van der Waals surface area contributed by atoms with Gasteiger partial charge in [-0.3, -0.25) is 0 Å². The first-order valence-corrected chi connectivity index (χ1v) is 6.68. The largest absolute Gasteiger partial charge is 0.457 e. The van der Waals surface area contributed by atoms with Crippen molar-refractivity contribution in [2.75, 3.05) is 0 Å². The standard InChI is InChI=1S/C15H14BrFO2/c1-9-3-4-11(17)7-15(9)19-12-5-6-13(10(2)18)14(16)8-12/h3-8,10,18H,1-2H3/t10-/m1/s1. The lowest BCUT2D eigenvalue weighted by atomic mass is 10.1. The summed E-state index contributed by atoms with van der Waals surface area (Å²) >= 11 is 3.38. The van der Waals surface area contributed by atoms with Gasteiger partial charge in [-0.1, -0.05) is 28.1 Å². The average molecular weight is 325 g/mol. The Balaban J connectivity index is 2.29. The van der Waals surface area contributed by atoms with Crippen LogP contribution in [0.1, 0.15) is 24.2 Å². The zero-order valence-corrected chi connectivity index (χ0v) is 12.2. The van der Waals surface area contributed by atoms with Crippen molar-refractivity contribution < 1.29 is 14.2 Å². The van der Waals surface area contributed by atoms with E-state index in [4.69, 9.17) is 4.74 Å². The van der Waals surface area contributed by atoms with E-state index in [0.717, 1.165) is 15.6 Å². The molecular weight excluding hydrogens is 311 g/mol. The van der Waals surface area contributed by atoms with Crippen LogP contribution in [0.5, 0.6) is 11.5 Å². The molecular formula is C15H14BrFO2. The third kappa shape index (κ3) is 3.33. The van der Waals surface area contributed by atoms with Gasteiger partial charge in [0.25, 0.3) is 0 Å². The lowest BCUT2D eigenvalue weighted by molar-refractivity contribution is 0.198. The van der Waals surface area contributed by atoms with E-state index in [1.165, 1.54) is 12.1 Å². The van der Waals surface area contributed by atoms with E-state index >= 15 is 0 Å². The monoisotopic (exact) mass is 324 g/mol. The zero-order valence-electron chi connectivity index (χ0n) is 10.7. The minimum Gasteiger partial charge on any atom is -0.457 e. The Hall–Kier alpha value is -1.39. The van der Waals surface area contributed by atoms with E-state index in [0.29, 0.717) is 11.5 Å². The normalized spacial score (nSPS) is 12.3. The fourth-order valence-electron chi connectivity index (χ4n) is 1.72. The lowest BCUT2D eigenvalue weighted by Gasteiger charge is -2.12. The van der Waals surface area contributed by atoms with Gasteiger partial charge >= 0.3 is 0 Å². The van der Waals surface area contributed by atoms with Gasteiger partial charge in [-0.2, -0.15) is 0 Å². The second kappa shape index (κ2) is 5.72. The minimum absolute atomic E-state index is 0.333. The van der Waals surface area contributed by atoms with Gasteiger partial charge in [0.2, 0.25) is 0 Å². The molecule has 0 saturated heterocycles. The molecule has 0 aliphatic heterocycles. The topological polar surface area (TPSA) is 29.5 Å². The molecule has 2 rings (SSSR count). The third-order valence-corrected chi connectivity index (χ3v) is 3.49. The second-order valence-electron chi connectivity index (χ2n) is 4.37. The zero-order chi connectivity index (χ0) is 14.0. The lowest BCUT2D eigenvalue weighted by Crippen LogP contribution is -1.94. The van der Waals surface area contributed by atoms with Gasteiger partial charge in [0, 0.05) is 10.5 Å². The van der Waals surface area contributed by atoms with Gasteiger partial charge < -0.3 is 9.84 Å². The maximum absolute atomic E-state index is 13.2. The van der Waals surface area contributed by atoms with Crippen molar-refractivity contribution in [2.45, 2.75) is 20.0 Å². The molecule has 1 atom stereocenters. The molecule has 100 valence electrons. The molecule has 19 heavy (non-hydrogen) atoms. The second-order valence-corrected chi connectivity index (χ2v) is 5.23. The van der Waals surface area contributed by atoms with Gasteiger partial charge in [-0.25, -0.2) is 4.39 Å². The van der Waals surface area contributed by atoms with Crippen LogP contribution in [0.25, 0.3) is 0 Å². The summed E-state index contributed by atoms with van der Waals surface area (Å²) in [7, 11) is 0. The van der Waals surface area contributed by atoms with Crippen LogP contribution in [0.4, 0.5) is 4.39 Å². The molecule has 0 fully saturated rings. The number of hydrogen-bond acceptors (Lipinski definition) is 2. The highest BCUT2D eigenvalue weighted by molar-refractivity contribution is 9.10. The predicted molar refractivity (Wildman–Crippen MR) is 76.0 cm³/mol. The molecule has 0 unspecified atom stereocenters. The van der Waals surface area contributed by atoms with Crippen molar-refractivity contribution in [2.24, 2.45) is 0 Å². The molecule has 2 nitrogen and oxygen atoms in total. The summed E-state index contributed by atoms with van der Waals surface area (Å²) in [5, 5.41) is 9.55. The molecule has 0 spiro atoms. The van der Waals surface area contributed by atoms with Crippen LogP contribution in [0.2, 0.25) is 0 Å². The van der Waals surface area contributed by atoms with E-state index in [1.54, 1.807) is 31.2 Å². The minimum atomic E-state index is -0.556. The molecule has 0 bridgehead atoms. The van der Waals surface area contributed by atoms with Gasteiger partial charge in [-0.05, 0) is 43.2 Å². The van der Waals surface area contributed by atoms with Crippen LogP contribution < -0.4 is 4.74 Å². The summed E-state index contributed by atoms with van der Waals surface area (Å²) in [4.78, 5) is 0. The molecule has 4 heteroatoms. The van der Waals surface area contributed by atoms with Crippen molar-refractivity contribution in [1.82, 2.24) is 0 Å². The Morgan fingerprint density at radius 1 is 1.21 bits per heavy atom. The molecule has 0 aliphatic carbocycles. The SMILES string of the molecule is Cc1ccc(F)cc1Oc1ccc([C@@H](C)O)c(Br)c1. The maximum Gasteiger partial charge on any atom is 0.133 e. The Morgan fingerprint density at radius 2 is 1.95 bits per heavy atom. The van der Waals surface area contributed by atoms with Crippen LogP contribution in [0.3, 0.4) is 0 Å². The van der Waals surface area contributed by atoms with Gasteiger partial charge in [0.1, 0.15) is 17.3 Å². The number of aliphatic hydroxyl groups excluding tert-OH is 1. The number of benzene rings is 2. The Morgan fingerprint density at radius 3 is 2.58 bits per heavy atom. The van der Waals surface area contributed by atoms with Gasteiger partial charge in [0.15, 0.2) is 0 Å². The third-order valence-electron chi connectivity index (χ3n) is 2.80. The Labute approximate surface area is 120 Å². The Bertz CT molecular complexity index is 597. The summed E-state index contributed by atoms with van der Waals surface area (Å²) in [6, 6.07) is 9.70. The molecule has 2 aromatic rings. The van der Waals surface area contributed by atoms with Crippen LogP contribution in [-0.4, -0.2) is 5.11 Å². The molecule has 0 amide bonds. The first-order valence-electron chi connectivity index (χ1n) is 5.89. The number of aliphatic hydroxyl groups is 1. The smallest absolute Gasteiger partial charge is 0.133 e. The molecule has 0 heterocycles. The fourth-order valence-corrected chi connectivity index (χ4v) is 2.41. The number of aryl methyl sites for hydroxylation is 1. The van der Waals surface area contributed by atoms with Crippen LogP contribution in [0, 0.1) is 12.7 Å². The van der Waals surface area contributed by atoms with Crippen molar-refractivity contribution in [3.8, 4) is 11.5 Å². The van der Waals surface area contributed by atoms with E-state index in [2.05, 4.69) is 15.9 Å². The Kier molecular flexibility index (Phi) is 4.22. The quantitative estimate of drug-likeness (QED) is 0.883. The summed E-state index contributed by atoms with van der Waals surface area (Å²) in [6.07, 6.45) is -0.556. The molecule has 0 aromatic heterocycles. The molecule has 0 saturated carbocycles. The number of rotatable bonds is 3. The maximum atomic E-state index is 13.2. The van der Waals surface area contributed by atoms with E-state index in [1.807, 2.05) is 6.92 Å². The first kappa shape index (κ1) is 14.0. The summed E-state index contributed by atoms with van der Waals surface area (Å²) in [5.41, 5.74) is 1.64.